The molecule has 0 unspecified atom stereocenters. The van der Waals surface area contributed by atoms with E-state index in [0.29, 0.717) is 5.92 Å². The van der Waals surface area contributed by atoms with Crippen LogP contribution >= 0.6 is 0 Å². The first-order valence-corrected chi connectivity index (χ1v) is 5.79. The van der Waals surface area contributed by atoms with Crippen LogP contribution < -0.4 is 5.32 Å². The minimum atomic E-state index is -0.574. The van der Waals surface area contributed by atoms with Gasteiger partial charge in [-0.15, -0.1) is 0 Å². The van der Waals surface area contributed by atoms with E-state index in [0.717, 1.165) is 6.42 Å². The summed E-state index contributed by atoms with van der Waals surface area (Å²) in [7, 11) is 0. The number of carbonyl (C=O) groups excluding carboxylic acids is 1. The van der Waals surface area contributed by atoms with Gasteiger partial charge in [-0.1, -0.05) is 13.8 Å². The molecule has 96 valence electrons. The Kier molecular flexibility index (Phi) is 5.79. The van der Waals surface area contributed by atoms with E-state index in [1.54, 1.807) is 6.92 Å². The molecule has 0 aliphatic rings. The molecule has 0 aliphatic heterocycles. The highest BCUT2D eigenvalue weighted by atomic mass is 16.6. The maximum Gasteiger partial charge on any atom is 0.407 e. The lowest BCUT2D eigenvalue weighted by Gasteiger charge is -2.26. The van der Waals surface area contributed by atoms with E-state index in [1.807, 2.05) is 34.6 Å². The van der Waals surface area contributed by atoms with Gasteiger partial charge in [0.1, 0.15) is 5.60 Å². The predicted molar refractivity (Wildman–Crippen MR) is 64.3 cm³/mol. The molecular formula is C12H25NO3. The summed E-state index contributed by atoms with van der Waals surface area (Å²) in [5.41, 5.74) is -0.509. The number of aliphatic hydroxyl groups is 1. The summed E-state index contributed by atoms with van der Waals surface area (Å²) in [6.07, 6.45) is -0.314. The molecule has 4 nitrogen and oxygen atoms in total. The third-order valence-electron chi connectivity index (χ3n) is 2.01. The van der Waals surface area contributed by atoms with Gasteiger partial charge in [0, 0.05) is 0 Å². The van der Waals surface area contributed by atoms with Crippen LogP contribution in [0.2, 0.25) is 0 Å². The smallest absolute Gasteiger partial charge is 0.407 e. The number of nitrogens with one attached hydrogen (secondary N) is 1. The number of rotatable bonds is 4. The van der Waals surface area contributed by atoms with Gasteiger partial charge in [0.05, 0.1) is 12.1 Å². The third-order valence-corrected chi connectivity index (χ3v) is 2.01. The summed E-state index contributed by atoms with van der Waals surface area (Å²) in [5.74, 6) is 0.412. The van der Waals surface area contributed by atoms with Gasteiger partial charge < -0.3 is 15.2 Å². The quantitative estimate of drug-likeness (QED) is 0.780. The van der Waals surface area contributed by atoms with Crippen molar-refractivity contribution in [2.75, 3.05) is 0 Å². The van der Waals surface area contributed by atoms with Crippen LogP contribution in [0.4, 0.5) is 4.79 Å². The Morgan fingerprint density at radius 2 is 1.81 bits per heavy atom. The standard InChI is InChI=1S/C12H25NO3/c1-8(2)7-10(9(3)14)13-11(15)16-12(4,5)6/h8-10,14H,7H2,1-6H3,(H,13,15)/t9-,10+/m1/s1. The second-order valence-corrected chi connectivity index (χ2v) is 5.62. The molecule has 2 N–H and O–H groups in total. The van der Waals surface area contributed by atoms with Crippen molar-refractivity contribution in [1.82, 2.24) is 5.32 Å². The Balaban J connectivity index is 4.24. The van der Waals surface area contributed by atoms with Gasteiger partial charge >= 0.3 is 6.09 Å². The number of ether oxygens (including phenoxy) is 1. The Labute approximate surface area is 98.4 Å². The molecule has 2 atom stereocenters. The predicted octanol–water partition coefficient (Wildman–Crippen LogP) is 2.31. The molecule has 0 aromatic rings. The fourth-order valence-electron chi connectivity index (χ4n) is 1.34. The van der Waals surface area contributed by atoms with Crippen molar-refractivity contribution in [3.63, 3.8) is 0 Å². The lowest BCUT2D eigenvalue weighted by molar-refractivity contribution is 0.0422. The minimum Gasteiger partial charge on any atom is -0.444 e. The summed E-state index contributed by atoms with van der Waals surface area (Å²) in [6, 6.07) is -0.255. The summed E-state index contributed by atoms with van der Waals surface area (Å²) in [5, 5.41) is 12.2. The maximum absolute atomic E-state index is 11.5. The van der Waals surface area contributed by atoms with Gasteiger partial charge in [-0.3, -0.25) is 0 Å². The van der Waals surface area contributed by atoms with Crippen LogP contribution in [0.15, 0.2) is 0 Å². The van der Waals surface area contributed by atoms with Gasteiger partial charge in [0.25, 0.3) is 0 Å². The van der Waals surface area contributed by atoms with Crippen LogP contribution in [0.25, 0.3) is 0 Å². The molecule has 0 rings (SSSR count). The average molecular weight is 231 g/mol. The molecule has 0 saturated heterocycles. The summed E-state index contributed by atoms with van der Waals surface area (Å²) < 4.78 is 5.14. The van der Waals surface area contributed by atoms with E-state index < -0.39 is 17.8 Å². The highest BCUT2D eigenvalue weighted by Gasteiger charge is 2.22. The van der Waals surface area contributed by atoms with Crippen molar-refractivity contribution in [2.45, 2.75) is 65.7 Å². The van der Waals surface area contributed by atoms with E-state index >= 15 is 0 Å². The van der Waals surface area contributed by atoms with Crippen molar-refractivity contribution in [3.05, 3.63) is 0 Å². The molecule has 0 aliphatic carbocycles. The normalized spacial score (nSPS) is 15.8. The third kappa shape index (κ3) is 7.51. The van der Waals surface area contributed by atoms with Gasteiger partial charge in [-0.2, -0.15) is 0 Å². The maximum atomic E-state index is 11.5. The van der Waals surface area contributed by atoms with Crippen LogP contribution in [-0.2, 0) is 4.74 Å². The first kappa shape index (κ1) is 15.2. The summed E-state index contributed by atoms with van der Waals surface area (Å²) in [4.78, 5) is 11.5. The zero-order valence-corrected chi connectivity index (χ0v) is 11.2. The molecule has 0 fully saturated rings. The van der Waals surface area contributed by atoms with E-state index in [1.165, 1.54) is 0 Å². The van der Waals surface area contributed by atoms with E-state index in [4.69, 9.17) is 4.74 Å². The number of hydrogen-bond donors (Lipinski definition) is 2. The molecule has 0 saturated carbocycles. The Hall–Kier alpha value is -0.770. The highest BCUT2D eigenvalue weighted by molar-refractivity contribution is 5.68. The van der Waals surface area contributed by atoms with Crippen molar-refractivity contribution in [2.24, 2.45) is 5.92 Å². The first-order chi connectivity index (χ1) is 7.11. The van der Waals surface area contributed by atoms with Crippen molar-refractivity contribution >= 4 is 6.09 Å². The number of amides is 1. The second kappa shape index (κ2) is 6.09. The first-order valence-electron chi connectivity index (χ1n) is 5.79. The zero-order chi connectivity index (χ0) is 12.9. The molecule has 4 heteroatoms. The fourth-order valence-corrected chi connectivity index (χ4v) is 1.34. The molecule has 1 amide bonds. The largest absolute Gasteiger partial charge is 0.444 e. The molecule has 16 heavy (non-hydrogen) atoms. The van der Waals surface area contributed by atoms with Gasteiger partial charge in [0.2, 0.25) is 0 Å². The topological polar surface area (TPSA) is 58.6 Å². The van der Waals surface area contributed by atoms with E-state index in [2.05, 4.69) is 5.32 Å². The van der Waals surface area contributed by atoms with Crippen LogP contribution in [-0.4, -0.2) is 28.9 Å². The van der Waals surface area contributed by atoms with Crippen LogP contribution in [0.1, 0.15) is 48.0 Å². The van der Waals surface area contributed by atoms with E-state index in [-0.39, 0.29) is 6.04 Å². The summed E-state index contributed by atoms with van der Waals surface area (Å²) in [6.45, 7) is 11.2. The second-order valence-electron chi connectivity index (χ2n) is 5.62. The minimum absolute atomic E-state index is 0.255. The lowest BCUT2D eigenvalue weighted by atomic mass is 10.0. The van der Waals surface area contributed by atoms with Gasteiger partial charge in [-0.25, -0.2) is 4.79 Å². The Morgan fingerprint density at radius 3 is 2.12 bits per heavy atom. The van der Waals surface area contributed by atoms with Gasteiger partial charge in [-0.05, 0) is 40.0 Å². The molecule has 0 spiro atoms. The molecule has 0 bridgehead atoms. The molecule has 0 aromatic carbocycles. The monoisotopic (exact) mass is 231 g/mol. The number of aliphatic hydroxyl groups excluding tert-OH is 1. The van der Waals surface area contributed by atoms with Crippen molar-refractivity contribution < 1.29 is 14.6 Å². The van der Waals surface area contributed by atoms with Crippen LogP contribution in [0, 0.1) is 5.92 Å². The van der Waals surface area contributed by atoms with Gasteiger partial charge in [0.15, 0.2) is 0 Å². The molecule has 0 heterocycles. The van der Waals surface area contributed by atoms with Crippen LogP contribution in [0.3, 0.4) is 0 Å². The average Bonchev–Trinajstić information content (AvgIpc) is 1.97. The Morgan fingerprint density at radius 1 is 1.31 bits per heavy atom. The highest BCUT2D eigenvalue weighted by Crippen LogP contribution is 2.11. The van der Waals surface area contributed by atoms with Crippen molar-refractivity contribution in [3.8, 4) is 0 Å². The fraction of sp³-hybridized carbons (Fsp3) is 0.917. The van der Waals surface area contributed by atoms with Crippen LogP contribution in [0.5, 0.6) is 0 Å². The summed E-state index contributed by atoms with van der Waals surface area (Å²) >= 11 is 0. The number of carbonyl (C=O) groups is 1. The SMILES string of the molecule is CC(C)C[C@H](NC(=O)OC(C)(C)C)[C@@H](C)O. The lowest BCUT2D eigenvalue weighted by Crippen LogP contribution is -2.45. The molecule has 0 aromatic heterocycles. The molecular weight excluding hydrogens is 206 g/mol. The molecule has 0 radical (unpaired) electrons. The van der Waals surface area contributed by atoms with E-state index in [9.17, 15) is 9.90 Å². The van der Waals surface area contributed by atoms with Crippen molar-refractivity contribution in [1.29, 1.82) is 0 Å². The Bertz CT molecular complexity index is 219. The number of alkyl carbamates (subject to hydrolysis) is 1. The zero-order valence-electron chi connectivity index (χ0n) is 11.2. The number of hydrogen-bond acceptors (Lipinski definition) is 3.